The number of esters is 1. The molecule has 0 aliphatic rings. The molecule has 2 rings (SSSR count). The van der Waals surface area contributed by atoms with Crippen LogP contribution in [-0.4, -0.2) is 37.7 Å². The van der Waals surface area contributed by atoms with Crippen LogP contribution in [0.2, 0.25) is 0 Å². The zero-order valence-corrected chi connectivity index (χ0v) is 15.9. The second-order valence-electron chi connectivity index (χ2n) is 5.83. The summed E-state index contributed by atoms with van der Waals surface area (Å²) in [6, 6.07) is 17.2. The molecule has 0 fully saturated rings. The van der Waals surface area contributed by atoms with Crippen molar-refractivity contribution < 1.29 is 23.9 Å². The highest BCUT2D eigenvalue weighted by molar-refractivity contribution is 5.96. The molecule has 0 aromatic heterocycles. The highest BCUT2D eigenvalue weighted by Gasteiger charge is 2.45. The number of hydrogen-bond donors (Lipinski definition) is 2. The summed E-state index contributed by atoms with van der Waals surface area (Å²) >= 11 is 0. The van der Waals surface area contributed by atoms with Crippen LogP contribution in [0.5, 0.6) is 0 Å². The van der Waals surface area contributed by atoms with Gasteiger partial charge in [-0.05, 0) is 25.0 Å². The minimum absolute atomic E-state index is 0.240. The van der Waals surface area contributed by atoms with Crippen LogP contribution in [0.1, 0.15) is 25.0 Å². The van der Waals surface area contributed by atoms with E-state index in [2.05, 4.69) is 10.6 Å². The lowest BCUT2D eigenvalue weighted by molar-refractivity contribution is -0.170. The quantitative estimate of drug-likeness (QED) is 0.682. The van der Waals surface area contributed by atoms with Crippen molar-refractivity contribution >= 4 is 17.9 Å². The summed E-state index contributed by atoms with van der Waals surface area (Å²) in [7, 11) is 0. The SMILES string of the molecule is CCNC(=O)NC(=O)COC(=O)C(OCC)(c1ccccc1)c1ccccc1. The highest BCUT2D eigenvalue weighted by atomic mass is 16.6. The van der Waals surface area contributed by atoms with Crippen LogP contribution in [-0.2, 0) is 24.7 Å². The van der Waals surface area contributed by atoms with Crippen molar-refractivity contribution in [1.82, 2.24) is 10.6 Å². The molecule has 2 N–H and O–H groups in total. The standard InChI is InChI=1S/C21H24N2O5/c1-3-22-20(26)23-18(24)15-27-19(25)21(28-4-2,16-11-7-5-8-12-16)17-13-9-6-10-14-17/h5-14H,3-4,15H2,1-2H3,(H2,22,23,24,26). The Bertz CT molecular complexity index is 753. The molecule has 0 spiro atoms. The van der Waals surface area contributed by atoms with Crippen molar-refractivity contribution in [2.75, 3.05) is 19.8 Å². The molecule has 0 bridgehead atoms. The van der Waals surface area contributed by atoms with Crippen molar-refractivity contribution in [2.45, 2.75) is 19.4 Å². The molecule has 0 radical (unpaired) electrons. The third-order valence-corrected chi connectivity index (χ3v) is 3.93. The molecule has 2 aromatic rings. The minimum Gasteiger partial charge on any atom is -0.453 e. The van der Waals surface area contributed by atoms with E-state index in [0.29, 0.717) is 17.7 Å². The Kier molecular flexibility index (Phi) is 7.71. The van der Waals surface area contributed by atoms with Crippen molar-refractivity contribution in [2.24, 2.45) is 0 Å². The fourth-order valence-corrected chi connectivity index (χ4v) is 2.79. The summed E-state index contributed by atoms with van der Waals surface area (Å²) in [5.74, 6) is -1.47. The first-order valence-electron chi connectivity index (χ1n) is 9.04. The third kappa shape index (κ3) is 4.95. The normalized spacial score (nSPS) is 10.8. The maximum atomic E-state index is 13.1. The lowest BCUT2D eigenvalue weighted by Gasteiger charge is -2.32. The Hall–Kier alpha value is -3.19. The average molecular weight is 384 g/mol. The molecule has 0 unspecified atom stereocenters. The number of rotatable bonds is 8. The van der Waals surface area contributed by atoms with Gasteiger partial charge in [0.2, 0.25) is 5.60 Å². The Balaban J connectivity index is 2.30. The van der Waals surface area contributed by atoms with Crippen LogP contribution in [0, 0.1) is 0 Å². The first kappa shape index (κ1) is 21.1. The predicted octanol–water partition coefficient (Wildman–Crippen LogP) is 2.36. The summed E-state index contributed by atoms with van der Waals surface area (Å²) in [6.45, 7) is 3.50. The molecule has 7 nitrogen and oxygen atoms in total. The molecule has 0 atom stereocenters. The first-order chi connectivity index (χ1) is 13.5. The molecule has 0 saturated heterocycles. The van der Waals surface area contributed by atoms with Crippen molar-refractivity contribution in [3.8, 4) is 0 Å². The monoisotopic (exact) mass is 384 g/mol. The molecule has 28 heavy (non-hydrogen) atoms. The Labute approximate surface area is 164 Å². The number of amides is 3. The van der Waals surface area contributed by atoms with E-state index in [0.717, 1.165) is 0 Å². The van der Waals surface area contributed by atoms with E-state index in [1.807, 2.05) is 12.1 Å². The number of nitrogens with one attached hydrogen (secondary N) is 2. The van der Waals surface area contributed by atoms with Crippen LogP contribution < -0.4 is 10.6 Å². The number of imide groups is 1. The Morgan fingerprint density at radius 1 is 0.893 bits per heavy atom. The van der Waals surface area contributed by atoms with Crippen molar-refractivity contribution in [1.29, 1.82) is 0 Å². The van der Waals surface area contributed by atoms with E-state index in [1.165, 1.54) is 0 Å². The number of hydrogen-bond acceptors (Lipinski definition) is 5. The summed E-state index contributed by atoms with van der Waals surface area (Å²) in [4.78, 5) is 36.5. The van der Waals surface area contributed by atoms with Gasteiger partial charge in [0, 0.05) is 13.2 Å². The van der Waals surface area contributed by atoms with Crippen LogP contribution in [0.3, 0.4) is 0 Å². The number of ether oxygens (including phenoxy) is 2. The molecule has 7 heteroatoms. The zero-order valence-electron chi connectivity index (χ0n) is 15.9. The van der Waals surface area contributed by atoms with Gasteiger partial charge < -0.3 is 14.8 Å². The van der Waals surface area contributed by atoms with Gasteiger partial charge in [0.25, 0.3) is 5.91 Å². The fraction of sp³-hybridized carbons (Fsp3) is 0.286. The topological polar surface area (TPSA) is 93.7 Å². The summed E-state index contributed by atoms with van der Waals surface area (Å²) < 4.78 is 11.2. The average Bonchev–Trinajstić information content (AvgIpc) is 2.71. The number of carbonyl (C=O) groups is 3. The predicted molar refractivity (Wildman–Crippen MR) is 103 cm³/mol. The van der Waals surface area contributed by atoms with Gasteiger partial charge in [-0.1, -0.05) is 60.7 Å². The molecular weight excluding hydrogens is 360 g/mol. The molecule has 2 aromatic carbocycles. The molecule has 0 aliphatic carbocycles. The molecule has 0 saturated carbocycles. The van der Waals surface area contributed by atoms with Crippen LogP contribution in [0.25, 0.3) is 0 Å². The molecule has 3 amide bonds. The molecule has 0 heterocycles. The Morgan fingerprint density at radius 2 is 1.43 bits per heavy atom. The second kappa shape index (κ2) is 10.2. The van der Waals surface area contributed by atoms with Gasteiger partial charge in [-0.3, -0.25) is 10.1 Å². The van der Waals surface area contributed by atoms with Gasteiger partial charge in [0.05, 0.1) is 0 Å². The third-order valence-electron chi connectivity index (χ3n) is 3.93. The van der Waals surface area contributed by atoms with E-state index in [9.17, 15) is 14.4 Å². The van der Waals surface area contributed by atoms with Crippen molar-refractivity contribution in [3.05, 3.63) is 71.8 Å². The van der Waals surface area contributed by atoms with Crippen molar-refractivity contribution in [3.63, 3.8) is 0 Å². The summed E-state index contributed by atoms with van der Waals surface area (Å²) in [5.41, 5.74) is -0.363. The summed E-state index contributed by atoms with van der Waals surface area (Å²) in [5, 5.41) is 4.52. The second-order valence-corrected chi connectivity index (χ2v) is 5.83. The summed E-state index contributed by atoms with van der Waals surface area (Å²) in [6.07, 6.45) is 0. The van der Waals surface area contributed by atoms with Gasteiger partial charge in [-0.15, -0.1) is 0 Å². The van der Waals surface area contributed by atoms with Gasteiger partial charge in [0.15, 0.2) is 6.61 Å². The molecular formula is C21H24N2O5. The van der Waals surface area contributed by atoms with Gasteiger partial charge in [-0.25, -0.2) is 9.59 Å². The maximum absolute atomic E-state index is 13.1. The van der Waals surface area contributed by atoms with Crippen LogP contribution >= 0.6 is 0 Å². The molecule has 148 valence electrons. The fourth-order valence-electron chi connectivity index (χ4n) is 2.79. The van der Waals surface area contributed by atoms with E-state index >= 15 is 0 Å². The number of carbonyl (C=O) groups excluding carboxylic acids is 3. The van der Waals surface area contributed by atoms with Gasteiger partial charge in [0.1, 0.15) is 0 Å². The van der Waals surface area contributed by atoms with E-state index < -0.39 is 30.1 Å². The van der Waals surface area contributed by atoms with Crippen LogP contribution in [0.4, 0.5) is 4.79 Å². The number of benzene rings is 2. The highest BCUT2D eigenvalue weighted by Crippen LogP contribution is 2.35. The Morgan fingerprint density at radius 3 is 1.89 bits per heavy atom. The lowest BCUT2D eigenvalue weighted by atomic mass is 9.86. The van der Waals surface area contributed by atoms with E-state index in [1.54, 1.807) is 62.4 Å². The van der Waals surface area contributed by atoms with E-state index in [-0.39, 0.29) is 6.61 Å². The van der Waals surface area contributed by atoms with Gasteiger partial charge in [-0.2, -0.15) is 0 Å². The van der Waals surface area contributed by atoms with Gasteiger partial charge >= 0.3 is 12.0 Å². The van der Waals surface area contributed by atoms with Crippen LogP contribution in [0.15, 0.2) is 60.7 Å². The minimum atomic E-state index is -1.52. The zero-order chi connectivity index (χ0) is 20.4. The maximum Gasteiger partial charge on any atom is 0.348 e. The number of urea groups is 1. The van der Waals surface area contributed by atoms with E-state index in [4.69, 9.17) is 9.47 Å². The molecule has 0 aliphatic heterocycles. The smallest absolute Gasteiger partial charge is 0.348 e. The first-order valence-corrected chi connectivity index (χ1v) is 9.04. The lowest BCUT2D eigenvalue weighted by Crippen LogP contribution is -2.45. The largest absolute Gasteiger partial charge is 0.453 e.